The molecule has 1 amide bonds. The molecule has 0 aliphatic heterocycles. The number of anilines is 1. The van der Waals surface area contributed by atoms with Gasteiger partial charge in [0.2, 0.25) is 0 Å². The molecular formula is C14H16ClN3OS. The maximum Gasteiger partial charge on any atom is 0.251 e. The van der Waals surface area contributed by atoms with Crippen molar-refractivity contribution < 1.29 is 4.79 Å². The van der Waals surface area contributed by atoms with Gasteiger partial charge >= 0.3 is 0 Å². The summed E-state index contributed by atoms with van der Waals surface area (Å²) in [7, 11) is 1.60. The number of hydrogen-bond donors (Lipinski definition) is 2. The van der Waals surface area contributed by atoms with Gasteiger partial charge in [-0.25, -0.2) is 4.98 Å². The highest BCUT2D eigenvalue weighted by Crippen LogP contribution is 2.25. The minimum atomic E-state index is -0.130. The van der Waals surface area contributed by atoms with Crippen molar-refractivity contribution in [3.8, 4) is 0 Å². The van der Waals surface area contributed by atoms with Crippen molar-refractivity contribution in [2.45, 2.75) is 20.4 Å². The number of carbonyl (C=O) groups excluding carboxylic acids is 1. The van der Waals surface area contributed by atoms with Crippen LogP contribution in [0.15, 0.2) is 18.2 Å². The van der Waals surface area contributed by atoms with Gasteiger partial charge in [0.25, 0.3) is 5.91 Å². The van der Waals surface area contributed by atoms with E-state index >= 15 is 0 Å². The normalized spacial score (nSPS) is 10.4. The van der Waals surface area contributed by atoms with Crippen molar-refractivity contribution in [1.82, 2.24) is 10.3 Å². The van der Waals surface area contributed by atoms with E-state index in [-0.39, 0.29) is 5.91 Å². The first kappa shape index (κ1) is 14.8. The molecule has 0 bridgehead atoms. The molecule has 2 N–H and O–H groups in total. The number of nitrogens with one attached hydrogen (secondary N) is 2. The zero-order chi connectivity index (χ0) is 14.7. The second-order valence-electron chi connectivity index (χ2n) is 4.37. The van der Waals surface area contributed by atoms with E-state index < -0.39 is 0 Å². The Morgan fingerprint density at radius 1 is 1.40 bits per heavy atom. The summed E-state index contributed by atoms with van der Waals surface area (Å²) < 4.78 is 0. The van der Waals surface area contributed by atoms with Gasteiger partial charge in [-0.1, -0.05) is 11.6 Å². The zero-order valence-electron chi connectivity index (χ0n) is 11.6. The van der Waals surface area contributed by atoms with Crippen LogP contribution >= 0.6 is 22.9 Å². The van der Waals surface area contributed by atoms with Crippen molar-refractivity contribution in [2.24, 2.45) is 0 Å². The topological polar surface area (TPSA) is 54.0 Å². The summed E-state index contributed by atoms with van der Waals surface area (Å²) in [6.07, 6.45) is 0. The summed E-state index contributed by atoms with van der Waals surface area (Å²) in [6.45, 7) is 4.62. The highest BCUT2D eigenvalue weighted by atomic mass is 35.5. The van der Waals surface area contributed by atoms with Gasteiger partial charge in [-0.3, -0.25) is 4.79 Å². The fraction of sp³-hybridized carbons (Fsp3) is 0.286. The number of thiazole rings is 1. The number of nitrogens with zero attached hydrogens (tertiary/aromatic N) is 1. The van der Waals surface area contributed by atoms with Gasteiger partial charge in [0, 0.05) is 17.5 Å². The molecule has 0 unspecified atom stereocenters. The summed E-state index contributed by atoms with van der Waals surface area (Å²) >= 11 is 7.81. The summed E-state index contributed by atoms with van der Waals surface area (Å²) in [6, 6.07) is 5.18. The number of aromatic nitrogens is 1. The van der Waals surface area contributed by atoms with Crippen LogP contribution in [0.1, 0.15) is 25.9 Å². The lowest BCUT2D eigenvalue weighted by molar-refractivity contribution is 0.0963. The van der Waals surface area contributed by atoms with E-state index in [1.54, 1.807) is 36.6 Å². The molecule has 0 radical (unpaired) electrons. The molecule has 0 saturated carbocycles. The predicted octanol–water partition coefficient (Wildman–Crippen LogP) is 3.39. The van der Waals surface area contributed by atoms with Crippen LogP contribution in [-0.4, -0.2) is 17.9 Å². The first-order valence-electron chi connectivity index (χ1n) is 6.19. The molecule has 0 fully saturated rings. The van der Waals surface area contributed by atoms with Gasteiger partial charge in [-0.05, 0) is 32.0 Å². The highest BCUT2D eigenvalue weighted by molar-refractivity contribution is 7.11. The van der Waals surface area contributed by atoms with Crippen LogP contribution in [-0.2, 0) is 6.54 Å². The van der Waals surface area contributed by atoms with Crippen molar-refractivity contribution in [3.63, 3.8) is 0 Å². The third-order valence-electron chi connectivity index (χ3n) is 2.89. The molecule has 0 aliphatic carbocycles. The second-order valence-corrected chi connectivity index (χ2v) is 6.06. The smallest absolute Gasteiger partial charge is 0.251 e. The van der Waals surface area contributed by atoms with Crippen molar-refractivity contribution in [1.29, 1.82) is 0 Å². The lowest BCUT2D eigenvalue weighted by atomic mass is 10.2. The van der Waals surface area contributed by atoms with Gasteiger partial charge in [-0.2, -0.15) is 0 Å². The molecule has 1 aromatic heterocycles. The number of halogens is 1. The molecule has 4 nitrogen and oxygen atoms in total. The van der Waals surface area contributed by atoms with Gasteiger partial charge in [-0.15, -0.1) is 11.3 Å². The first-order valence-corrected chi connectivity index (χ1v) is 7.39. The van der Waals surface area contributed by atoms with E-state index in [2.05, 4.69) is 15.6 Å². The summed E-state index contributed by atoms with van der Waals surface area (Å²) in [5.41, 5.74) is 2.36. The monoisotopic (exact) mass is 309 g/mol. The van der Waals surface area contributed by atoms with Crippen molar-refractivity contribution >= 4 is 34.5 Å². The van der Waals surface area contributed by atoms with Crippen molar-refractivity contribution in [3.05, 3.63) is 44.4 Å². The third-order valence-corrected chi connectivity index (χ3v) is 4.30. The molecule has 1 heterocycles. The fourth-order valence-electron chi connectivity index (χ4n) is 1.86. The average molecular weight is 310 g/mol. The Hall–Kier alpha value is -1.59. The Kier molecular flexibility index (Phi) is 4.62. The van der Waals surface area contributed by atoms with Crippen LogP contribution in [0.4, 0.5) is 5.69 Å². The Morgan fingerprint density at radius 2 is 2.15 bits per heavy atom. The maximum atomic E-state index is 11.6. The quantitative estimate of drug-likeness (QED) is 0.910. The van der Waals surface area contributed by atoms with E-state index in [0.29, 0.717) is 17.1 Å². The number of hydrogen-bond acceptors (Lipinski definition) is 4. The van der Waals surface area contributed by atoms with Gasteiger partial charge in [0.05, 0.1) is 28.0 Å². The summed E-state index contributed by atoms with van der Waals surface area (Å²) in [5.74, 6) is -0.130. The molecule has 20 heavy (non-hydrogen) atoms. The second kappa shape index (κ2) is 6.24. The summed E-state index contributed by atoms with van der Waals surface area (Å²) in [4.78, 5) is 17.2. The minimum Gasteiger partial charge on any atom is -0.379 e. The van der Waals surface area contributed by atoms with Gasteiger partial charge < -0.3 is 10.6 Å². The van der Waals surface area contributed by atoms with Crippen LogP contribution in [0.2, 0.25) is 5.02 Å². The van der Waals surface area contributed by atoms with Crippen LogP contribution in [0.3, 0.4) is 0 Å². The van der Waals surface area contributed by atoms with Crippen LogP contribution in [0.25, 0.3) is 0 Å². The molecule has 0 spiro atoms. The molecular weight excluding hydrogens is 294 g/mol. The van der Waals surface area contributed by atoms with E-state index in [1.165, 1.54) is 4.88 Å². The molecule has 2 aromatic rings. The highest BCUT2D eigenvalue weighted by Gasteiger charge is 2.09. The van der Waals surface area contributed by atoms with E-state index in [9.17, 15) is 4.79 Å². The number of benzene rings is 1. The van der Waals surface area contributed by atoms with Crippen LogP contribution in [0.5, 0.6) is 0 Å². The Balaban J connectivity index is 2.16. The van der Waals surface area contributed by atoms with Crippen molar-refractivity contribution in [2.75, 3.05) is 12.4 Å². The largest absolute Gasteiger partial charge is 0.379 e. The zero-order valence-corrected chi connectivity index (χ0v) is 13.2. The van der Waals surface area contributed by atoms with E-state index in [0.717, 1.165) is 16.4 Å². The Bertz CT molecular complexity index is 639. The Morgan fingerprint density at radius 3 is 2.75 bits per heavy atom. The Labute approximate surface area is 127 Å². The predicted molar refractivity (Wildman–Crippen MR) is 83.8 cm³/mol. The first-order chi connectivity index (χ1) is 9.51. The third kappa shape index (κ3) is 3.29. The average Bonchev–Trinajstić information content (AvgIpc) is 2.75. The van der Waals surface area contributed by atoms with E-state index in [4.69, 9.17) is 11.6 Å². The van der Waals surface area contributed by atoms with Crippen LogP contribution < -0.4 is 10.6 Å². The standard InChI is InChI=1S/C14H16ClN3OS/c1-8-13(20-9(2)18-8)7-17-12-6-10(14(19)16-3)4-5-11(12)15/h4-6,17H,7H2,1-3H3,(H,16,19). The van der Waals surface area contributed by atoms with E-state index in [1.807, 2.05) is 13.8 Å². The molecule has 6 heteroatoms. The number of amides is 1. The molecule has 2 rings (SSSR count). The van der Waals surface area contributed by atoms with Crippen LogP contribution in [0, 0.1) is 13.8 Å². The SMILES string of the molecule is CNC(=O)c1ccc(Cl)c(NCc2sc(C)nc2C)c1. The maximum absolute atomic E-state index is 11.6. The molecule has 0 aliphatic rings. The van der Waals surface area contributed by atoms with Gasteiger partial charge in [0.1, 0.15) is 0 Å². The number of aryl methyl sites for hydroxylation is 2. The molecule has 1 aromatic carbocycles. The fourth-order valence-corrected chi connectivity index (χ4v) is 2.92. The van der Waals surface area contributed by atoms with Gasteiger partial charge in [0.15, 0.2) is 0 Å². The summed E-state index contributed by atoms with van der Waals surface area (Å²) in [5, 5.41) is 7.50. The number of rotatable bonds is 4. The number of carbonyl (C=O) groups is 1. The molecule has 0 atom stereocenters. The molecule has 106 valence electrons. The lowest BCUT2D eigenvalue weighted by Gasteiger charge is -2.09. The molecule has 0 saturated heterocycles. The minimum absolute atomic E-state index is 0.130. The lowest BCUT2D eigenvalue weighted by Crippen LogP contribution is -2.17.